The van der Waals surface area contributed by atoms with E-state index in [4.69, 9.17) is 61.8 Å². The standard InChI is InChI=1S/C56H40B6N4O/c1-53(2)42-24-20-32(55(57,58)59)27-49(42)67-50-30-43(56(60,61)62)39(29-44(50)54(53,3)4)31-19-22-36-40(26-31)34-12-5-6-13-37(34)51-38(14-11-25-63-51)35-23-21-33(28-41(35)36)65-47-17-9-10-18-48(47)66-46-16-8-7-15-45(46)64-52(65)66/h5-30,47-48H,1-4H3. The lowest BCUT2D eigenvalue weighted by Gasteiger charge is -2.42. The molecule has 11 heteroatoms. The summed E-state index contributed by atoms with van der Waals surface area (Å²) in [6.07, 6.45) is 10.7. The molecule has 2 aliphatic heterocycles. The average molecular weight is 850 g/mol. The highest BCUT2D eigenvalue weighted by Crippen LogP contribution is 2.56. The lowest BCUT2D eigenvalue weighted by atomic mass is 9.39. The van der Waals surface area contributed by atoms with Gasteiger partial charge in [-0.25, -0.2) is 4.98 Å². The molecule has 12 radical (unpaired) electrons. The van der Waals surface area contributed by atoms with Gasteiger partial charge in [-0.1, -0.05) is 136 Å². The molecule has 0 amide bonds. The second-order valence-corrected chi connectivity index (χ2v) is 19.6. The Balaban J connectivity index is 1.08. The molecular weight excluding hydrogens is 810 g/mol. The fourth-order valence-corrected chi connectivity index (χ4v) is 11.0. The molecule has 0 spiro atoms. The van der Waals surface area contributed by atoms with E-state index in [0.717, 1.165) is 89.6 Å². The molecular formula is C56H40B6N4O. The van der Waals surface area contributed by atoms with Gasteiger partial charge in [0, 0.05) is 45.0 Å². The Labute approximate surface area is 400 Å². The third kappa shape index (κ3) is 6.22. The van der Waals surface area contributed by atoms with E-state index in [1.807, 2.05) is 42.6 Å². The summed E-state index contributed by atoms with van der Waals surface area (Å²) in [5.74, 6) is 2.09. The number of pyridine rings is 1. The molecule has 0 N–H and O–H groups in total. The van der Waals surface area contributed by atoms with Gasteiger partial charge in [-0.15, -0.1) is 10.2 Å². The smallest absolute Gasteiger partial charge is 0.212 e. The molecule has 4 aliphatic rings. The highest BCUT2D eigenvalue weighted by atomic mass is 16.5. The lowest BCUT2D eigenvalue weighted by molar-refractivity contribution is 0.306. The van der Waals surface area contributed by atoms with Gasteiger partial charge in [-0.3, -0.25) is 4.98 Å². The van der Waals surface area contributed by atoms with E-state index in [9.17, 15) is 0 Å². The van der Waals surface area contributed by atoms with Crippen LogP contribution in [0, 0.1) is 0 Å². The fourth-order valence-electron chi connectivity index (χ4n) is 11.0. The van der Waals surface area contributed by atoms with Gasteiger partial charge in [0.1, 0.15) is 11.5 Å². The van der Waals surface area contributed by atoms with Crippen molar-refractivity contribution in [1.29, 1.82) is 0 Å². The normalized spacial score (nSPS) is 18.1. The first-order valence-electron chi connectivity index (χ1n) is 22.7. The summed E-state index contributed by atoms with van der Waals surface area (Å²) in [6.45, 7) is 8.90. The Hall–Kier alpha value is -6.59. The van der Waals surface area contributed by atoms with E-state index in [1.165, 1.54) is 0 Å². The molecule has 0 fully saturated rings. The zero-order valence-corrected chi connectivity index (χ0v) is 37.8. The quantitative estimate of drug-likeness (QED) is 0.166. The van der Waals surface area contributed by atoms with Gasteiger partial charge in [-0.05, 0) is 93.5 Å². The molecule has 0 bridgehead atoms. The third-order valence-corrected chi connectivity index (χ3v) is 15.1. The van der Waals surface area contributed by atoms with Crippen molar-refractivity contribution in [2.45, 2.75) is 60.8 Å². The Bertz CT molecular complexity index is 3470. The first-order chi connectivity index (χ1) is 32.0. The monoisotopic (exact) mass is 850 g/mol. The summed E-state index contributed by atoms with van der Waals surface area (Å²) in [7, 11) is 38.8. The van der Waals surface area contributed by atoms with Crippen LogP contribution in [-0.2, 0) is 21.1 Å². The van der Waals surface area contributed by atoms with Crippen molar-refractivity contribution < 1.29 is 4.74 Å². The van der Waals surface area contributed by atoms with Crippen LogP contribution in [0.2, 0.25) is 0 Å². The number of anilines is 2. The second-order valence-electron chi connectivity index (χ2n) is 19.6. The van der Waals surface area contributed by atoms with Crippen molar-refractivity contribution in [2.24, 2.45) is 0 Å². The Kier molecular flexibility index (Phi) is 9.02. The molecule has 2 unspecified atom stereocenters. The van der Waals surface area contributed by atoms with Crippen molar-refractivity contribution in [3.63, 3.8) is 0 Å². The van der Waals surface area contributed by atoms with Gasteiger partial charge in [-0.2, -0.15) is 0 Å². The first-order valence-corrected chi connectivity index (χ1v) is 22.7. The number of hydrogen-bond donors (Lipinski definition) is 0. The number of fused-ring (bicyclic) bond motifs is 15. The summed E-state index contributed by atoms with van der Waals surface area (Å²) in [5, 5.41) is -3.31. The van der Waals surface area contributed by atoms with Crippen molar-refractivity contribution in [1.82, 2.24) is 14.5 Å². The van der Waals surface area contributed by atoms with Gasteiger partial charge in [0.2, 0.25) is 5.95 Å². The maximum Gasteiger partial charge on any atom is 0.212 e. The van der Waals surface area contributed by atoms with Crippen LogP contribution in [0.4, 0.5) is 11.6 Å². The van der Waals surface area contributed by atoms with Crippen LogP contribution in [0.25, 0.3) is 66.8 Å². The van der Waals surface area contributed by atoms with Gasteiger partial charge >= 0.3 is 0 Å². The number of imidazole rings is 1. The van der Waals surface area contributed by atoms with Gasteiger partial charge in [0.25, 0.3) is 0 Å². The maximum atomic E-state index is 6.84. The number of aromatic nitrogens is 3. The average Bonchev–Trinajstić information content (AvgIpc) is 3.83. The van der Waals surface area contributed by atoms with E-state index in [2.05, 4.69) is 152 Å². The molecule has 5 nitrogen and oxygen atoms in total. The number of para-hydroxylation sites is 2. The predicted octanol–water partition coefficient (Wildman–Crippen LogP) is 10.9. The van der Waals surface area contributed by atoms with Crippen LogP contribution >= 0.6 is 0 Å². The molecule has 308 valence electrons. The topological polar surface area (TPSA) is 43.2 Å². The number of benzene rings is 6. The van der Waals surface area contributed by atoms with Crippen molar-refractivity contribution in [3.05, 3.63) is 180 Å². The van der Waals surface area contributed by atoms with Crippen LogP contribution in [-0.4, -0.2) is 67.7 Å². The van der Waals surface area contributed by atoms with Crippen LogP contribution < -0.4 is 9.64 Å². The molecule has 67 heavy (non-hydrogen) atoms. The van der Waals surface area contributed by atoms with Crippen molar-refractivity contribution >= 4 is 69.7 Å². The van der Waals surface area contributed by atoms with E-state index < -0.39 is 21.1 Å². The second kappa shape index (κ2) is 14.5. The van der Waals surface area contributed by atoms with Crippen LogP contribution in [0.5, 0.6) is 11.5 Å². The molecule has 0 saturated heterocycles. The summed E-state index contributed by atoms with van der Waals surface area (Å²) in [6, 6.07) is 44.3. The number of ether oxygens (including phenoxy) is 1. The molecule has 8 aromatic rings. The number of hydrogen-bond acceptors (Lipinski definition) is 4. The van der Waals surface area contributed by atoms with Crippen molar-refractivity contribution in [3.8, 4) is 67.3 Å². The Morgan fingerprint density at radius 1 is 0.552 bits per heavy atom. The summed E-state index contributed by atoms with van der Waals surface area (Å²) in [4.78, 5) is 12.7. The highest BCUT2D eigenvalue weighted by Gasteiger charge is 2.46. The van der Waals surface area contributed by atoms with E-state index >= 15 is 0 Å². The van der Waals surface area contributed by atoms with E-state index in [1.54, 1.807) is 0 Å². The van der Waals surface area contributed by atoms with Crippen LogP contribution in [0.3, 0.4) is 0 Å². The molecule has 0 saturated carbocycles. The lowest BCUT2D eigenvalue weighted by Crippen LogP contribution is -2.40. The minimum atomic E-state index is -1.75. The minimum Gasteiger partial charge on any atom is -0.457 e. The third-order valence-electron chi connectivity index (χ3n) is 15.1. The van der Waals surface area contributed by atoms with Gasteiger partial charge in [0.15, 0.2) is 0 Å². The zero-order chi connectivity index (χ0) is 46.4. The molecule has 4 heterocycles. The minimum absolute atomic E-state index is 0.0412. The van der Waals surface area contributed by atoms with Gasteiger partial charge in [0.05, 0.1) is 75.9 Å². The molecule has 2 aliphatic carbocycles. The van der Waals surface area contributed by atoms with Gasteiger partial charge < -0.3 is 14.2 Å². The Morgan fingerprint density at radius 3 is 2.00 bits per heavy atom. The van der Waals surface area contributed by atoms with Crippen LogP contribution in [0.15, 0.2) is 158 Å². The zero-order valence-electron chi connectivity index (χ0n) is 37.8. The Morgan fingerprint density at radius 2 is 1.21 bits per heavy atom. The molecule has 2 aromatic heterocycles. The van der Waals surface area contributed by atoms with Crippen molar-refractivity contribution in [2.75, 3.05) is 4.90 Å². The maximum absolute atomic E-state index is 6.84. The summed E-state index contributed by atoms with van der Waals surface area (Å²) < 4.78 is 9.21. The highest BCUT2D eigenvalue weighted by molar-refractivity contribution is 6.59. The number of rotatable bonds is 4. The van der Waals surface area contributed by atoms with E-state index in [0.29, 0.717) is 22.6 Å². The fraction of sp³-hybridized carbons (Fsp3) is 0.179. The number of nitrogens with zero attached hydrogens (tertiary/aromatic N) is 4. The van der Waals surface area contributed by atoms with E-state index in [-0.39, 0.29) is 12.1 Å². The largest absolute Gasteiger partial charge is 0.457 e. The number of allylic oxidation sites excluding steroid dienone is 2. The first kappa shape index (κ1) is 41.8. The summed E-state index contributed by atoms with van der Waals surface area (Å²) in [5.41, 5.74) is 15.1. The SMILES string of the molecule is [B]C([B])([B])c1ccc2c(c1)Oc1cc(C([B])([B])[B])c(-c3ccc4c(c3)-c3ccccc3-c3ncccc3-c3ccc(N5c6nc7ccccc7n6C6C=CC=CC65)cc3-4)cc1C(C)(C)C2(C)C. The molecule has 6 aromatic carbocycles. The molecule has 2 atom stereocenters. The molecule has 12 rings (SSSR count). The predicted molar refractivity (Wildman–Crippen MR) is 278 cm³/mol. The summed E-state index contributed by atoms with van der Waals surface area (Å²) >= 11 is 0. The van der Waals surface area contributed by atoms with Crippen LogP contribution in [0.1, 0.15) is 56.0 Å².